The topological polar surface area (TPSA) is 59.4 Å². The summed E-state index contributed by atoms with van der Waals surface area (Å²) in [6.07, 6.45) is 2.79. The van der Waals surface area contributed by atoms with Crippen LogP contribution in [0.4, 0.5) is 4.39 Å². The molecule has 2 rings (SSSR count). The molecule has 0 fully saturated rings. The van der Waals surface area contributed by atoms with Crippen LogP contribution < -0.4 is 4.74 Å². The molecule has 104 valence electrons. The number of halogens is 1. The molecule has 4 nitrogen and oxygen atoms in total. The van der Waals surface area contributed by atoms with Gasteiger partial charge in [0.15, 0.2) is 5.75 Å². The maximum Gasteiger partial charge on any atom is 0.339 e. The minimum absolute atomic E-state index is 0.0896. The highest BCUT2D eigenvalue weighted by molar-refractivity contribution is 7.99. The van der Waals surface area contributed by atoms with E-state index in [9.17, 15) is 9.18 Å². The molecule has 20 heavy (non-hydrogen) atoms. The number of ether oxygens (including phenoxy) is 1. The van der Waals surface area contributed by atoms with Gasteiger partial charge in [0, 0.05) is 16.8 Å². The highest BCUT2D eigenvalue weighted by Gasteiger charge is 2.10. The number of nitrogens with zero attached hydrogens (tertiary/aromatic N) is 1. The average Bonchev–Trinajstić information content (AvgIpc) is 2.46. The van der Waals surface area contributed by atoms with Gasteiger partial charge in [-0.2, -0.15) is 0 Å². The molecule has 6 heteroatoms. The molecule has 0 aliphatic carbocycles. The summed E-state index contributed by atoms with van der Waals surface area (Å²) in [5, 5.41) is 8.98. The number of hydrogen-bond acceptors (Lipinski definition) is 4. The van der Waals surface area contributed by atoms with E-state index in [1.807, 2.05) is 0 Å². The maximum absolute atomic E-state index is 12.7. The van der Waals surface area contributed by atoms with Crippen molar-refractivity contribution in [1.29, 1.82) is 0 Å². The third-order valence-corrected chi connectivity index (χ3v) is 3.41. The molecule has 0 unspecified atom stereocenters. The Morgan fingerprint density at radius 3 is 2.75 bits per heavy atom. The fourth-order valence-electron chi connectivity index (χ4n) is 1.51. The summed E-state index contributed by atoms with van der Waals surface area (Å²) in [7, 11) is 0. The molecular formula is C14H12FNO3S. The quantitative estimate of drug-likeness (QED) is 0.655. The Morgan fingerprint density at radius 2 is 2.05 bits per heavy atom. The van der Waals surface area contributed by atoms with E-state index in [0.29, 0.717) is 12.4 Å². The Hall–Kier alpha value is -2.08. The van der Waals surface area contributed by atoms with E-state index in [0.717, 1.165) is 4.90 Å². The predicted octanol–water partition coefficient (Wildman–Crippen LogP) is 3.09. The van der Waals surface area contributed by atoms with Gasteiger partial charge in [0.2, 0.25) is 0 Å². The zero-order valence-corrected chi connectivity index (χ0v) is 11.3. The first kappa shape index (κ1) is 14.3. The summed E-state index contributed by atoms with van der Waals surface area (Å²) in [6.45, 7) is 0.341. The van der Waals surface area contributed by atoms with Gasteiger partial charge in [0.1, 0.15) is 11.4 Å². The average molecular weight is 293 g/mol. The summed E-state index contributed by atoms with van der Waals surface area (Å²) >= 11 is 1.50. The van der Waals surface area contributed by atoms with Crippen molar-refractivity contribution in [2.45, 2.75) is 4.90 Å². The SMILES string of the molecule is O=C(O)c1ccncc1OCCSc1ccc(F)cc1. The lowest BCUT2D eigenvalue weighted by atomic mass is 10.2. The second-order valence-electron chi connectivity index (χ2n) is 3.83. The third kappa shape index (κ3) is 3.96. The second kappa shape index (κ2) is 6.91. The van der Waals surface area contributed by atoms with Gasteiger partial charge >= 0.3 is 5.97 Å². The number of benzene rings is 1. The zero-order chi connectivity index (χ0) is 14.4. The highest BCUT2D eigenvalue weighted by Crippen LogP contribution is 2.20. The molecule has 0 aliphatic heterocycles. The molecular weight excluding hydrogens is 281 g/mol. The highest BCUT2D eigenvalue weighted by atomic mass is 32.2. The van der Waals surface area contributed by atoms with Crippen molar-refractivity contribution in [3.05, 3.63) is 54.1 Å². The second-order valence-corrected chi connectivity index (χ2v) is 5.00. The lowest BCUT2D eigenvalue weighted by molar-refractivity contribution is 0.0692. The predicted molar refractivity (Wildman–Crippen MR) is 73.8 cm³/mol. The summed E-state index contributed by atoms with van der Waals surface area (Å²) in [5.74, 6) is -0.445. The molecule has 0 bridgehead atoms. The van der Waals surface area contributed by atoms with Crippen LogP contribution in [0.1, 0.15) is 10.4 Å². The number of pyridine rings is 1. The van der Waals surface area contributed by atoms with Crippen molar-refractivity contribution in [3.63, 3.8) is 0 Å². The fourth-order valence-corrected chi connectivity index (χ4v) is 2.24. The Balaban J connectivity index is 1.84. The van der Waals surface area contributed by atoms with Gasteiger partial charge in [-0.15, -0.1) is 11.8 Å². The summed E-state index contributed by atoms with van der Waals surface area (Å²) < 4.78 is 18.1. The number of hydrogen-bond donors (Lipinski definition) is 1. The standard InChI is InChI=1S/C14H12FNO3S/c15-10-1-3-11(4-2-10)20-8-7-19-13-9-16-6-5-12(13)14(17)18/h1-6,9H,7-8H2,(H,17,18). The molecule has 1 heterocycles. The Labute approximate surface area is 119 Å². The lowest BCUT2D eigenvalue weighted by Gasteiger charge is -2.08. The van der Waals surface area contributed by atoms with Gasteiger partial charge in [-0.25, -0.2) is 9.18 Å². The van der Waals surface area contributed by atoms with Crippen LogP contribution in [-0.2, 0) is 0 Å². The molecule has 1 aromatic carbocycles. The first-order valence-corrected chi connectivity index (χ1v) is 6.84. The van der Waals surface area contributed by atoms with Crippen LogP contribution >= 0.6 is 11.8 Å². The van der Waals surface area contributed by atoms with Crippen LogP contribution in [-0.4, -0.2) is 28.4 Å². The molecule has 0 saturated heterocycles. The number of carbonyl (C=O) groups is 1. The van der Waals surface area contributed by atoms with Crippen molar-refractivity contribution >= 4 is 17.7 Å². The fraction of sp³-hybridized carbons (Fsp3) is 0.143. The van der Waals surface area contributed by atoms with Crippen LogP contribution in [0.25, 0.3) is 0 Å². The number of thioether (sulfide) groups is 1. The van der Waals surface area contributed by atoms with Gasteiger partial charge in [0.05, 0.1) is 12.8 Å². The molecule has 0 spiro atoms. The smallest absolute Gasteiger partial charge is 0.339 e. The Kier molecular flexibility index (Phi) is 4.95. The first-order chi connectivity index (χ1) is 9.66. The molecule has 0 atom stereocenters. The number of aromatic nitrogens is 1. The first-order valence-electron chi connectivity index (χ1n) is 5.85. The third-order valence-electron chi connectivity index (χ3n) is 2.44. The Bertz CT molecular complexity index is 589. The molecule has 0 amide bonds. The van der Waals surface area contributed by atoms with Crippen molar-refractivity contribution in [1.82, 2.24) is 4.98 Å². The number of aromatic carboxylic acids is 1. The minimum atomic E-state index is -1.05. The van der Waals surface area contributed by atoms with E-state index in [1.165, 1.54) is 42.4 Å². The van der Waals surface area contributed by atoms with Crippen LogP contribution in [0, 0.1) is 5.82 Å². The van der Waals surface area contributed by atoms with Crippen molar-refractivity contribution in [2.24, 2.45) is 0 Å². The van der Waals surface area contributed by atoms with E-state index in [1.54, 1.807) is 12.1 Å². The van der Waals surface area contributed by atoms with Crippen molar-refractivity contribution in [3.8, 4) is 5.75 Å². The Morgan fingerprint density at radius 1 is 1.30 bits per heavy atom. The van der Waals surface area contributed by atoms with Gasteiger partial charge in [0.25, 0.3) is 0 Å². The van der Waals surface area contributed by atoms with Gasteiger partial charge in [-0.3, -0.25) is 4.98 Å². The van der Waals surface area contributed by atoms with Crippen LogP contribution in [0.2, 0.25) is 0 Å². The number of carboxylic acid groups (broad SMARTS) is 1. The lowest BCUT2D eigenvalue weighted by Crippen LogP contribution is -2.06. The minimum Gasteiger partial charge on any atom is -0.490 e. The maximum atomic E-state index is 12.7. The molecule has 1 aromatic heterocycles. The summed E-state index contributed by atoms with van der Waals surface area (Å²) in [4.78, 5) is 15.7. The van der Waals surface area contributed by atoms with Crippen LogP contribution in [0.15, 0.2) is 47.6 Å². The molecule has 0 saturated carbocycles. The van der Waals surface area contributed by atoms with Gasteiger partial charge < -0.3 is 9.84 Å². The molecule has 0 radical (unpaired) electrons. The van der Waals surface area contributed by atoms with Gasteiger partial charge in [-0.1, -0.05) is 0 Å². The summed E-state index contributed by atoms with van der Waals surface area (Å²) in [5.41, 5.74) is 0.0896. The largest absolute Gasteiger partial charge is 0.490 e. The van der Waals surface area contributed by atoms with E-state index >= 15 is 0 Å². The van der Waals surface area contributed by atoms with E-state index in [2.05, 4.69) is 4.98 Å². The van der Waals surface area contributed by atoms with Crippen molar-refractivity contribution < 1.29 is 19.0 Å². The zero-order valence-electron chi connectivity index (χ0n) is 10.5. The monoisotopic (exact) mass is 293 g/mol. The van der Waals surface area contributed by atoms with Crippen LogP contribution in [0.3, 0.4) is 0 Å². The van der Waals surface area contributed by atoms with Crippen LogP contribution in [0.5, 0.6) is 5.75 Å². The number of rotatable bonds is 6. The molecule has 2 aromatic rings. The van der Waals surface area contributed by atoms with E-state index in [-0.39, 0.29) is 17.1 Å². The molecule has 0 aliphatic rings. The summed E-state index contributed by atoms with van der Waals surface area (Å²) in [6, 6.07) is 7.56. The molecule has 1 N–H and O–H groups in total. The van der Waals surface area contributed by atoms with E-state index < -0.39 is 5.97 Å². The van der Waals surface area contributed by atoms with E-state index in [4.69, 9.17) is 9.84 Å². The van der Waals surface area contributed by atoms with Gasteiger partial charge in [-0.05, 0) is 30.3 Å². The number of carboxylic acids is 1. The normalized spacial score (nSPS) is 10.2. The van der Waals surface area contributed by atoms with Crippen molar-refractivity contribution in [2.75, 3.05) is 12.4 Å².